The van der Waals surface area contributed by atoms with Crippen molar-refractivity contribution < 1.29 is 23.8 Å². The number of nitrogens with one attached hydrogen (secondary N) is 1. The molecule has 36 heavy (non-hydrogen) atoms. The van der Waals surface area contributed by atoms with Crippen molar-refractivity contribution in [3.63, 3.8) is 0 Å². The lowest BCUT2D eigenvalue weighted by molar-refractivity contribution is -0.112. The molecular formula is C27H22ClIN2O5. The number of halogens is 2. The maximum Gasteiger partial charge on any atom is 0.338 e. The third-order valence-corrected chi connectivity index (χ3v) is 6.08. The monoisotopic (exact) mass is 616 g/mol. The molecule has 0 aliphatic carbocycles. The fourth-order valence-electron chi connectivity index (χ4n) is 3.15. The van der Waals surface area contributed by atoms with Crippen molar-refractivity contribution in [3.8, 4) is 17.6 Å². The van der Waals surface area contributed by atoms with Crippen LogP contribution in [0.4, 0.5) is 5.69 Å². The molecular weight excluding hydrogens is 595 g/mol. The molecule has 1 amide bonds. The van der Waals surface area contributed by atoms with E-state index in [1.807, 2.05) is 24.3 Å². The molecule has 9 heteroatoms. The number of methoxy groups -OCH3 is 1. The van der Waals surface area contributed by atoms with Gasteiger partial charge in [-0.05, 0) is 83.6 Å². The van der Waals surface area contributed by atoms with Gasteiger partial charge >= 0.3 is 5.97 Å². The summed E-state index contributed by atoms with van der Waals surface area (Å²) in [5, 5.41) is 12.8. The van der Waals surface area contributed by atoms with E-state index < -0.39 is 11.9 Å². The van der Waals surface area contributed by atoms with Crippen LogP contribution in [-0.4, -0.2) is 25.6 Å². The number of amides is 1. The average molecular weight is 617 g/mol. The Bertz CT molecular complexity index is 1330. The van der Waals surface area contributed by atoms with Crippen LogP contribution in [0.1, 0.15) is 28.4 Å². The van der Waals surface area contributed by atoms with Crippen molar-refractivity contribution in [2.45, 2.75) is 13.5 Å². The van der Waals surface area contributed by atoms with E-state index in [0.717, 1.165) is 9.13 Å². The van der Waals surface area contributed by atoms with Gasteiger partial charge in [-0.25, -0.2) is 4.79 Å². The molecule has 0 fully saturated rings. The van der Waals surface area contributed by atoms with Gasteiger partial charge in [0.05, 0.1) is 22.9 Å². The first-order chi connectivity index (χ1) is 17.4. The number of nitrogens with zero attached hydrogens (tertiary/aromatic N) is 1. The van der Waals surface area contributed by atoms with Gasteiger partial charge in [0.15, 0.2) is 11.5 Å². The van der Waals surface area contributed by atoms with E-state index in [1.165, 1.54) is 25.3 Å². The number of anilines is 1. The molecule has 0 spiro atoms. The van der Waals surface area contributed by atoms with Crippen LogP contribution in [0.2, 0.25) is 5.02 Å². The molecule has 3 rings (SSSR count). The summed E-state index contributed by atoms with van der Waals surface area (Å²) in [6, 6.07) is 19.0. The Morgan fingerprint density at radius 2 is 1.86 bits per heavy atom. The highest BCUT2D eigenvalue weighted by atomic mass is 127. The minimum Gasteiger partial charge on any atom is -0.493 e. The van der Waals surface area contributed by atoms with Gasteiger partial charge in [-0.1, -0.05) is 29.8 Å². The fraction of sp³-hybridized carbons (Fsp3) is 0.148. The summed E-state index contributed by atoms with van der Waals surface area (Å²) < 4.78 is 17.1. The molecule has 184 valence electrons. The molecule has 0 heterocycles. The van der Waals surface area contributed by atoms with Crippen LogP contribution in [0.15, 0.2) is 66.2 Å². The Morgan fingerprint density at radius 1 is 1.14 bits per heavy atom. The number of hydrogen-bond donors (Lipinski definition) is 1. The lowest BCUT2D eigenvalue weighted by Gasteiger charge is -2.14. The van der Waals surface area contributed by atoms with Gasteiger partial charge in [-0.3, -0.25) is 4.79 Å². The van der Waals surface area contributed by atoms with Crippen molar-refractivity contribution in [1.29, 1.82) is 5.26 Å². The lowest BCUT2D eigenvalue weighted by Crippen LogP contribution is -2.13. The van der Waals surface area contributed by atoms with Crippen LogP contribution >= 0.6 is 34.2 Å². The summed E-state index contributed by atoms with van der Waals surface area (Å²) in [6.07, 6.45) is 1.46. The highest BCUT2D eigenvalue weighted by Crippen LogP contribution is 2.35. The van der Waals surface area contributed by atoms with E-state index in [0.29, 0.717) is 33.3 Å². The zero-order chi connectivity index (χ0) is 26.1. The highest BCUT2D eigenvalue weighted by Gasteiger charge is 2.15. The summed E-state index contributed by atoms with van der Waals surface area (Å²) in [5.74, 6) is -0.0579. The molecule has 0 atom stereocenters. The van der Waals surface area contributed by atoms with Gasteiger partial charge in [-0.2, -0.15) is 5.26 Å². The number of hydrogen-bond acceptors (Lipinski definition) is 6. The Labute approximate surface area is 227 Å². The minimum atomic E-state index is -0.589. The first kappa shape index (κ1) is 27.0. The molecule has 0 aliphatic heterocycles. The summed E-state index contributed by atoms with van der Waals surface area (Å²) >= 11 is 8.32. The molecule has 0 aromatic heterocycles. The van der Waals surface area contributed by atoms with Gasteiger partial charge in [-0.15, -0.1) is 0 Å². The van der Waals surface area contributed by atoms with Crippen molar-refractivity contribution in [2.24, 2.45) is 0 Å². The second-order valence-electron chi connectivity index (χ2n) is 7.34. The third kappa shape index (κ3) is 6.99. The molecule has 7 nitrogen and oxygen atoms in total. The summed E-state index contributed by atoms with van der Waals surface area (Å²) in [4.78, 5) is 24.5. The molecule has 0 saturated heterocycles. The van der Waals surface area contributed by atoms with Crippen LogP contribution in [0.3, 0.4) is 0 Å². The molecule has 0 saturated carbocycles. The first-order valence-electron chi connectivity index (χ1n) is 10.8. The van der Waals surface area contributed by atoms with Crippen LogP contribution < -0.4 is 14.8 Å². The van der Waals surface area contributed by atoms with E-state index in [1.54, 1.807) is 37.3 Å². The molecule has 3 aromatic carbocycles. The number of nitriles is 1. The van der Waals surface area contributed by atoms with Crippen LogP contribution in [0.5, 0.6) is 11.5 Å². The maximum atomic E-state index is 12.7. The van der Waals surface area contributed by atoms with Gasteiger partial charge in [0.1, 0.15) is 18.2 Å². The van der Waals surface area contributed by atoms with E-state index >= 15 is 0 Å². The molecule has 3 aromatic rings. The fourth-order valence-corrected chi connectivity index (χ4v) is 4.12. The Balaban J connectivity index is 1.77. The highest BCUT2D eigenvalue weighted by molar-refractivity contribution is 14.1. The van der Waals surface area contributed by atoms with E-state index in [4.69, 9.17) is 25.8 Å². The van der Waals surface area contributed by atoms with Crippen molar-refractivity contribution in [3.05, 3.63) is 91.5 Å². The average Bonchev–Trinajstić information content (AvgIpc) is 2.87. The molecule has 0 radical (unpaired) electrons. The number of carbonyl (C=O) groups excluding carboxylic acids is 2. The standard InChI is InChI=1S/C27H22ClIN2O5/c1-3-35-27(33)18-8-10-21(11-9-18)31-26(32)20(15-30)12-17-13-23(29)25(24(14-17)34-2)36-16-19-6-4-5-7-22(19)28/h4-14H,3,16H2,1-2H3,(H,31,32)/b20-12+. The van der Waals surface area contributed by atoms with E-state index in [-0.39, 0.29) is 18.8 Å². The van der Waals surface area contributed by atoms with Gasteiger partial charge in [0.2, 0.25) is 0 Å². The molecule has 0 unspecified atom stereocenters. The number of benzene rings is 3. The van der Waals surface area contributed by atoms with Gasteiger partial charge in [0.25, 0.3) is 5.91 Å². The third-order valence-electron chi connectivity index (χ3n) is 4.91. The first-order valence-corrected chi connectivity index (χ1v) is 12.3. The van der Waals surface area contributed by atoms with E-state index in [9.17, 15) is 14.9 Å². The topological polar surface area (TPSA) is 97.7 Å². The molecule has 1 N–H and O–H groups in total. The van der Waals surface area contributed by atoms with Crippen molar-refractivity contribution >= 4 is 57.8 Å². The van der Waals surface area contributed by atoms with Crippen LogP contribution in [-0.2, 0) is 16.1 Å². The lowest BCUT2D eigenvalue weighted by atomic mass is 10.1. The van der Waals surface area contributed by atoms with Crippen LogP contribution in [0, 0.1) is 14.9 Å². The number of rotatable bonds is 9. The van der Waals surface area contributed by atoms with Crippen molar-refractivity contribution in [1.82, 2.24) is 0 Å². The molecule has 0 aliphatic rings. The minimum absolute atomic E-state index is 0.105. The second kappa shape index (κ2) is 13.0. The Morgan fingerprint density at radius 3 is 2.50 bits per heavy atom. The van der Waals surface area contributed by atoms with Gasteiger partial charge in [0, 0.05) is 16.3 Å². The number of esters is 1. The summed E-state index contributed by atoms with van der Waals surface area (Å²) in [6.45, 7) is 2.24. The summed E-state index contributed by atoms with van der Waals surface area (Å²) in [7, 11) is 1.51. The van der Waals surface area contributed by atoms with Gasteiger partial charge < -0.3 is 19.5 Å². The second-order valence-corrected chi connectivity index (χ2v) is 8.91. The number of ether oxygens (including phenoxy) is 3. The normalized spacial score (nSPS) is 10.8. The zero-order valence-electron chi connectivity index (χ0n) is 19.5. The summed E-state index contributed by atoms with van der Waals surface area (Å²) in [5.41, 5.74) is 2.12. The van der Waals surface area contributed by atoms with Crippen molar-refractivity contribution in [2.75, 3.05) is 19.0 Å². The Kier molecular flexibility index (Phi) is 9.73. The largest absolute Gasteiger partial charge is 0.493 e. The zero-order valence-corrected chi connectivity index (χ0v) is 22.4. The van der Waals surface area contributed by atoms with Crippen LogP contribution in [0.25, 0.3) is 6.08 Å². The SMILES string of the molecule is CCOC(=O)c1ccc(NC(=O)/C(C#N)=C/c2cc(I)c(OCc3ccccc3Cl)c(OC)c2)cc1. The van der Waals surface area contributed by atoms with E-state index in [2.05, 4.69) is 27.9 Å². The predicted molar refractivity (Wildman–Crippen MR) is 146 cm³/mol. The maximum absolute atomic E-state index is 12.7. The predicted octanol–water partition coefficient (Wildman–Crippen LogP) is 6.25. The quantitative estimate of drug-likeness (QED) is 0.132. The smallest absolute Gasteiger partial charge is 0.338 e. The molecule has 0 bridgehead atoms. The number of carbonyl (C=O) groups is 2. The Hall–Kier alpha value is -3.55.